The number of thiocarbonyl (C=S) groups is 1. The third kappa shape index (κ3) is 3.21. The first kappa shape index (κ1) is 17.7. The van der Waals surface area contributed by atoms with Crippen LogP contribution in [-0.4, -0.2) is 25.6 Å². The lowest BCUT2D eigenvalue weighted by atomic mass is 10.0. The highest BCUT2D eigenvalue weighted by molar-refractivity contribution is 7.80. The number of nitrogens with one attached hydrogen (secondary N) is 1. The van der Waals surface area contributed by atoms with Crippen LogP contribution in [0.4, 0.5) is 4.39 Å². The molecule has 2 atom stereocenters. The van der Waals surface area contributed by atoms with Gasteiger partial charge in [0.1, 0.15) is 5.82 Å². The number of nitrogens with zero attached hydrogens (tertiary/aromatic N) is 3. The summed E-state index contributed by atoms with van der Waals surface area (Å²) in [5.41, 5.74) is 2.94. The van der Waals surface area contributed by atoms with E-state index in [9.17, 15) is 4.39 Å². The Balaban J connectivity index is 1.82. The van der Waals surface area contributed by atoms with E-state index in [1.165, 1.54) is 12.1 Å². The first-order valence-corrected chi connectivity index (χ1v) is 9.40. The van der Waals surface area contributed by atoms with Crippen molar-refractivity contribution in [3.63, 3.8) is 0 Å². The van der Waals surface area contributed by atoms with Crippen LogP contribution in [0.3, 0.4) is 0 Å². The Morgan fingerprint density at radius 2 is 1.85 bits per heavy atom. The van der Waals surface area contributed by atoms with Gasteiger partial charge in [-0.2, -0.15) is 0 Å². The molecule has 138 valence electrons. The Kier molecular flexibility index (Phi) is 4.66. The molecule has 2 unspecified atom stereocenters. The monoisotopic (exact) mass is 380 g/mol. The van der Waals surface area contributed by atoms with Crippen molar-refractivity contribution in [1.29, 1.82) is 0 Å². The van der Waals surface area contributed by atoms with Crippen molar-refractivity contribution >= 4 is 17.3 Å². The van der Waals surface area contributed by atoms with Gasteiger partial charge in [0, 0.05) is 29.8 Å². The van der Waals surface area contributed by atoms with Gasteiger partial charge in [-0.05, 0) is 74.6 Å². The van der Waals surface area contributed by atoms with Crippen LogP contribution in [-0.2, 0) is 0 Å². The van der Waals surface area contributed by atoms with E-state index in [1.54, 1.807) is 18.3 Å². The molecular weight excluding hydrogens is 359 g/mol. The maximum absolute atomic E-state index is 13.4. The van der Waals surface area contributed by atoms with E-state index in [4.69, 9.17) is 12.2 Å². The summed E-state index contributed by atoms with van der Waals surface area (Å²) in [6.07, 6.45) is 3.80. The van der Waals surface area contributed by atoms with E-state index in [1.807, 2.05) is 30.5 Å². The molecule has 4 rings (SSSR count). The molecule has 27 heavy (non-hydrogen) atoms. The number of benzene rings is 1. The van der Waals surface area contributed by atoms with Crippen LogP contribution in [0.1, 0.15) is 37.3 Å². The first-order valence-electron chi connectivity index (χ1n) is 8.99. The van der Waals surface area contributed by atoms with E-state index in [2.05, 4.69) is 39.7 Å². The number of rotatable bonds is 4. The lowest BCUT2D eigenvalue weighted by molar-refractivity contribution is 0.262. The fourth-order valence-electron chi connectivity index (χ4n) is 3.71. The summed E-state index contributed by atoms with van der Waals surface area (Å²) in [5.74, 6) is -0.244. The van der Waals surface area contributed by atoms with E-state index in [0.29, 0.717) is 0 Å². The first-order chi connectivity index (χ1) is 13.1. The predicted octanol–water partition coefficient (Wildman–Crippen LogP) is 4.39. The van der Waals surface area contributed by atoms with E-state index < -0.39 is 0 Å². The number of pyridine rings is 1. The largest absolute Gasteiger partial charge is 0.352 e. The van der Waals surface area contributed by atoms with Gasteiger partial charge in [-0.3, -0.25) is 4.98 Å². The van der Waals surface area contributed by atoms with E-state index in [-0.39, 0.29) is 23.9 Å². The predicted molar refractivity (Wildman–Crippen MR) is 108 cm³/mol. The summed E-state index contributed by atoms with van der Waals surface area (Å²) in [6, 6.07) is 16.7. The summed E-state index contributed by atoms with van der Waals surface area (Å²) in [6.45, 7) is 4.26. The average Bonchev–Trinajstić information content (AvgIpc) is 3.27. The highest BCUT2D eigenvalue weighted by Gasteiger charge is 2.42. The van der Waals surface area contributed by atoms with E-state index >= 15 is 0 Å². The molecule has 1 aliphatic heterocycles. The van der Waals surface area contributed by atoms with Crippen molar-refractivity contribution < 1.29 is 4.39 Å². The average molecular weight is 380 g/mol. The number of halogens is 1. The summed E-state index contributed by atoms with van der Waals surface area (Å²) in [4.78, 5) is 6.77. The summed E-state index contributed by atoms with van der Waals surface area (Å²) < 4.78 is 15.5. The molecule has 1 saturated heterocycles. The topological polar surface area (TPSA) is 33.1 Å². The normalized spacial score (nSPS) is 19.6. The summed E-state index contributed by atoms with van der Waals surface area (Å²) >= 11 is 5.65. The van der Waals surface area contributed by atoms with Crippen LogP contribution in [0.5, 0.6) is 0 Å². The minimum Gasteiger partial charge on any atom is -0.352 e. The second-order valence-electron chi connectivity index (χ2n) is 6.91. The molecule has 3 aromatic rings. The van der Waals surface area contributed by atoms with Crippen molar-refractivity contribution in [1.82, 2.24) is 19.8 Å². The molecular formula is C21H21FN4S. The second kappa shape index (κ2) is 7.12. The molecule has 0 amide bonds. The van der Waals surface area contributed by atoms with Crippen LogP contribution in [0.25, 0.3) is 5.69 Å². The van der Waals surface area contributed by atoms with Crippen LogP contribution in [0.2, 0.25) is 0 Å². The molecule has 6 heteroatoms. The fraction of sp³-hybridized carbons (Fsp3) is 0.238. The Hall–Kier alpha value is -2.73. The van der Waals surface area contributed by atoms with Gasteiger partial charge in [0.25, 0.3) is 0 Å². The molecule has 0 bridgehead atoms. The fourth-order valence-corrected chi connectivity index (χ4v) is 4.16. The Morgan fingerprint density at radius 1 is 1.07 bits per heavy atom. The van der Waals surface area contributed by atoms with Crippen molar-refractivity contribution in [2.75, 3.05) is 0 Å². The lowest BCUT2D eigenvalue weighted by Crippen LogP contribution is -2.36. The molecule has 3 heterocycles. The molecule has 0 radical (unpaired) electrons. The molecule has 0 spiro atoms. The van der Waals surface area contributed by atoms with Crippen molar-refractivity contribution in [3.8, 4) is 5.69 Å². The van der Waals surface area contributed by atoms with Gasteiger partial charge in [0.2, 0.25) is 0 Å². The van der Waals surface area contributed by atoms with Gasteiger partial charge in [0.05, 0.1) is 17.8 Å². The van der Waals surface area contributed by atoms with Gasteiger partial charge in [0.15, 0.2) is 5.11 Å². The van der Waals surface area contributed by atoms with Gasteiger partial charge < -0.3 is 14.8 Å². The SMILES string of the molecule is CC(C)N1C(=S)NC(c2ccccn2)C1c1cccn1-c1ccc(F)cc1. The molecule has 1 aliphatic rings. The lowest BCUT2D eigenvalue weighted by Gasteiger charge is -2.31. The molecule has 0 saturated carbocycles. The third-order valence-electron chi connectivity index (χ3n) is 4.88. The van der Waals surface area contributed by atoms with Gasteiger partial charge in [-0.15, -0.1) is 0 Å². The number of aromatic nitrogens is 2. The zero-order valence-electron chi connectivity index (χ0n) is 15.2. The number of hydrogen-bond acceptors (Lipinski definition) is 2. The Bertz CT molecular complexity index is 936. The maximum atomic E-state index is 13.4. The van der Waals surface area contributed by atoms with Crippen LogP contribution in [0, 0.1) is 5.82 Å². The highest BCUT2D eigenvalue weighted by atomic mass is 32.1. The Morgan fingerprint density at radius 3 is 2.52 bits per heavy atom. The second-order valence-corrected chi connectivity index (χ2v) is 7.29. The van der Waals surface area contributed by atoms with Gasteiger partial charge >= 0.3 is 0 Å². The quantitative estimate of drug-likeness (QED) is 0.681. The minimum atomic E-state index is -0.244. The van der Waals surface area contributed by atoms with Gasteiger partial charge in [-0.25, -0.2) is 4.39 Å². The van der Waals surface area contributed by atoms with E-state index in [0.717, 1.165) is 22.2 Å². The standard InChI is InChI=1S/C21H21FN4S/c1-14(2)26-20(19(24-21(26)27)17-6-3-4-12-23-17)18-7-5-13-25(18)16-10-8-15(22)9-11-16/h3-14,19-20H,1-2H3,(H,24,27). The highest BCUT2D eigenvalue weighted by Crippen LogP contribution is 2.40. The molecule has 0 aliphatic carbocycles. The molecule has 4 nitrogen and oxygen atoms in total. The van der Waals surface area contributed by atoms with Crippen LogP contribution < -0.4 is 5.32 Å². The van der Waals surface area contributed by atoms with Crippen LogP contribution >= 0.6 is 12.2 Å². The Labute approximate surface area is 163 Å². The van der Waals surface area contributed by atoms with Crippen molar-refractivity contribution in [3.05, 3.63) is 84.2 Å². The zero-order valence-corrected chi connectivity index (χ0v) is 16.0. The minimum absolute atomic E-state index is 0.0209. The van der Waals surface area contributed by atoms with Crippen LogP contribution in [0.15, 0.2) is 67.0 Å². The van der Waals surface area contributed by atoms with Crippen molar-refractivity contribution in [2.24, 2.45) is 0 Å². The zero-order chi connectivity index (χ0) is 19.0. The molecule has 1 aromatic carbocycles. The van der Waals surface area contributed by atoms with Crippen molar-refractivity contribution in [2.45, 2.75) is 32.0 Å². The molecule has 2 aromatic heterocycles. The summed E-state index contributed by atoms with van der Waals surface area (Å²) in [7, 11) is 0. The number of hydrogen-bond donors (Lipinski definition) is 1. The smallest absolute Gasteiger partial charge is 0.170 e. The van der Waals surface area contributed by atoms with Gasteiger partial charge in [-0.1, -0.05) is 6.07 Å². The molecule has 1 N–H and O–H groups in total. The third-order valence-corrected chi connectivity index (χ3v) is 5.21. The maximum Gasteiger partial charge on any atom is 0.170 e. The summed E-state index contributed by atoms with van der Waals surface area (Å²) in [5, 5.41) is 4.17. The molecule has 1 fully saturated rings.